The molecule has 0 saturated carbocycles. The van der Waals surface area contributed by atoms with Gasteiger partial charge in [-0.1, -0.05) is 30.3 Å². The Bertz CT molecular complexity index is 818. The molecule has 2 heterocycles. The molecule has 2 atom stereocenters. The molecule has 3 rings (SSSR count). The van der Waals surface area contributed by atoms with Crippen LogP contribution < -0.4 is 0 Å². The van der Waals surface area contributed by atoms with Gasteiger partial charge in [0.2, 0.25) is 5.91 Å². The SMILES string of the molecule is Cc1nn(CC(=O)N2C[C@H](C)O[C@@H](c3ccccc3)C2)c(C)c1[N+](=O)[O-]. The van der Waals surface area contributed by atoms with Crippen LogP contribution in [0.5, 0.6) is 0 Å². The summed E-state index contributed by atoms with van der Waals surface area (Å²) in [7, 11) is 0. The molecule has 1 aliphatic heterocycles. The molecule has 26 heavy (non-hydrogen) atoms. The van der Waals surface area contributed by atoms with Gasteiger partial charge in [0.05, 0.1) is 17.6 Å². The van der Waals surface area contributed by atoms with Crippen LogP contribution in [0.2, 0.25) is 0 Å². The van der Waals surface area contributed by atoms with Crippen LogP contribution in [0.15, 0.2) is 30.3 Å². The van der Waals surface area contributed by atoms with Crippen molar-refractivity contribution in [3.8, 4) is 0 Å². The first-order valence-corrected chi connectivity index (χ1v) is 8.53. The van der Waals surface area contributed by atoms with E-state index in [1.54, 1.807) is 18.7 Å². The fourth-order valence-electron chi connectivity index (χ4n) is 3.34. The Hall–Kier alpha value is -2.74. The van der Waals surface area contributed by atoms with Crippen molar-refractivity contribution in [2.24, 2.45) is 0 Å². The lowest BCUT2D eigenvalue weighted by atomic mass is 10.1. The van der Waals surface area contributed by atoms with E-state index in [1.165, 1.54) is 4.68 Å². The summed E-state index contributed by atoms with van der Waals surface area (Å²) in [6, 6.07) is 9.79. The molecule has 2 aromatic rings. The number of hydrogen-bond donors (Lipinski definition) is 0. The van der Waals surface area contributed by atoms with Gasteiger partial charge in [0, 0.05) is 6.54 Å². The van der Waals surface area contributed by atoms with E-state index in [1.807, 2.05) is 37.3 Å². The Kier molecular flexibility index (Phi) is 5.03. The Morgan fingerprint density at radius 2 is 2.00 bits per heavy atom. The Morgan fingerprint density at radius 3 is 2.62 bits per heavy atom. The van der Waals surface area contributed by atoms with Crippen molar-refractivity contribution in [2.75, 3.05) is 13.1 Å². The standard InChI is InChI=1S/C18H22N4O4/c1-12-9-20(10-16(26-12)15-7-5-4-6-8-15)17(23)11-21-14(3)18(22(24)25)13(2)19-21/h4-8,12,16H,9-11H2,1-3H3/t12-,16+/m0/s1. The summed E-state index contributed by atoms with van der Waals surface area (Å²) in [4.78, 5) is 25.2. The summed E-state index contributed by atoms with van der Waals surface area (Å²) in [5, 5.41) is 15.3. The Labute approximate surface area is 151 Å². The number of nitrogens with zero attached hydrogens (tertiary/aromatic N) is 4. The molecule has 0 radical (unpaired) electrons. The molecule has 138 valence electrons. The van der Waals surface area contributed by atoms with Crippen LogP contribution in [0.1, 0.15) is 30.0 Å². The normalized spacial score (nSPS) is 20.2. The van der Waals surface area contributed by atoms with E-state index in [0.717, 1.165) is 5.56 Å². The largest absolute Gasteiger partial charge is 0.367 e. The molecule has 1 aromatic heterocycles. The number of ether oxygens (including phenoxy) is 1. The third-order valence-corrected chi connectivity index (χ3v) is 4.60. The summed E-state index contributed by atoms with van der Waals surface area (Å²) < 4.78 is 7.39. The minimum atomic E-state index is -0.457. The number of morpholine rings is 1. The van der Waals surface area contributed by atoms with Crippen LogP contribution in [0.4, 0.5) is 5.69 Å². The number of aromatic nitrogens is 2. The average Bonchev–Trinajstić information content (AvgIpc) is 2.88. The van der Waals surface area contributed by atoms with Gasteiger partial charge in [0.25, 0.3) is 0 Å². The maximum Gasteiger partial charge on any atom is 0.312 e. The van der Waals surface area contributed by atoms with E-state index in [-0.39, 0.29) is 30.3 Å². The van der Waals surface area contributed by atoms with Gasteiger partial charge in [-0.2, -0.15) is 5.10 Å². The minimum Gasteiger partial charge on any atom is -0.367 e. The molecule has 0 spiro atoms. The fraction of sp³-hybridized carbons (Fsp3) is 0.444. The third kappa shape index (κ3) is 3.60. The van der Waals surface area contributed by atoms with E-state index >= 15 is 0 Å². The summed E-state index contributed by atoms with van der Waals surface area (Å²) in [6.45, 7) is 6.05. The molecular weight excluding hydrogens is 336 g/mol. The number of rotatable bonds is 4. The molecule has 0 bridgehead atoms. The van der Waals surface area contributed by atoms with Crippen LogP contribution in [-0.4, -0.2) is 44.7 Å². The van der Waals surface area contributed by atoms with E-state index < -0.39 is 4.92 Å². The van der Waals surface area contributed by atoms with Crippen molar-refractivity contribution in [1.29, 1.82) is 0 Å². The minimum absolute atomic E-state index is 0.0191. The van der Waals surface area contributed by atoms with Crippen molar-refractivity contribution < 1.29 is 14.5 Å². The first-order valence-electron chi connectivity index (χ1n) is 8.53. The lowest BCUT2D eigenvalue weighted by molar-refractivity contribution is -0.386. The second-order valence-electron chi connectivity index (χ2n) is 6.58. The number of benzene rings is 1. The number of amides is 1. The van der Waals surface area contributed by atoms with E-state index in [9.17, 15) is 14.9 Å². The highest BCUT2D eigenvalue weighted by Gasteiger charge is 2.30. The second kappa shape index (κ2) is 7.25. The van der Waals surface area contributed by atoms with E-state index in [0.29, 0.717) is 24.5 Å². The van der Waals surface area contributed by atoms with Gasteiger partial charge in [-0.25, -0.2) is 0 Å². The van der Waals surface area contributed by atoms with Crippen LogP contribution >= 0.6 is 0 Å². The average molecular weight is 358 g/mol. The molecule has 1 aliphatic rings. The maximum atomic E-state index is 12.8. The highest BCUT2D eigenvalue weighted by molar-refractivity contribution is 5.76. The highest BCUT2D eigenvalue weighted by Crippen LogP contribution is 2.26. The molecule has 0 unspecified atom stereocenters. The van der Waals surface area contributed by atoms with Crippen LogP contribution in [-0.2, 0) is 16.1 Å². The molecule has 0 N–H and O–H groups in total. The smallest absolute Gasteiger partial charge is 0.312 e. The van der Waals surface area contributed by atoms with Crippen molar-refractivity contribution in [3.63, 3.8) is 0 Å². The van der Waals surface area contributed by atoms with Gasteiger partial charge in [-0.3, -0.25) is 19.6 Å². The topological polar surface area (TPSA) is 90.5 Å². The van der Waals surface area contributed by atoms with Gasteiger partial charge in [-0.05, 0) is 26.3 Å². The summed E-state index contributed by atoms with van der Waals surface area (Å²) in [6.07, 6.45) is -0.272. The zero-order valence-electron chi connectivity index (χ0n) is 15.1. The van der Waals surface area contributed by atoms with Gasteiger partial charge >= 0.3 is 5.69 Å². The number of carbonyl (C=O) groups is 1. The zero-order chi connectivity index (χ0) is 18.8. The van der Waals surface area contributed by atoms with E-state index in [4.69, 9.17) is 4.74 Å². The molecule has 1 saturated heterocycles. The predicted octanol–water partition coefficient (Wildman–Crippen LogP) is 2.40. The number of aryl methyl sites for hydroxylation is 1. The van der Waals surface area contributed by atoms with Crippen LogP contribution in [0.3, 0.4) is 0 Å². The monoisotopic (exact) mass is 358 g/mol. The Morgan fingerprint density at radius 1 is 1.31 bits per heavy atom. The molecule has 8 nitrogen and oxygen atoms in total. The number of carbonyl (C=O) groups excluding carboxylic acids is 1. The molecule has 1 amide bonds. The number of hydrogen-bond acceptors (Lipinski definition) is 5. The maximum absolute atomic E-state index is 12.8. The van der Waals surface area contributed by atoms with Crippen LogP contribution in [0.25, 0.3) is 0 Å². The van der Waals surface area contributed by atoms with E-state index in [2.05, 4.69) is 5.10 Å². The van der Waals surface area contributed by atoms with Crippen molar-refractivity contribution >= 4 is 11.6 Å². The summed E-state index contributed by atoms with van der Waals surface area (Å²) in [5.74, 6) is -0.124. The molecule has 0 aliphatic carbocycles. The van der Waals surface area contributed by atoms with Gasteiger partial charge in [0.1, 0.15) is 24.0 Å². The predicted molar refractivity (Wildman–Crippen MR) is 94.7 cm³/mol. The lowest BCUT2D eigenvalue weighted by Gasteiger charge is -2.37. The van der Waals surface area contributed by atoms with Gasteiger partial charge in [-0.15, -0.1) is 0 Å². The van der Waals surface area contributed by atoms with Crippen molar-refractivity contribution in [2.45, 2.75) is 39.5 Å². The van der Waals surface area contributed by atoms with Crippen molar-refractivity contribution in [1.82, 2.24) is 14.7 Å². The second-order valence-corrected chi connectivity index (χ2v) is 6.58. The fourth-order valence-corrected chi connectivity index (χ4v) is 3.34. The van der Waals surface area contributed by atoms with Gasteiger partial charge in [0.15, 0.2) is 0 Å². The zero-order valence-corrected chi connectivity index (χ0v) is 15.1. The van der Waals surface area contributed by atoms with Crippen LogP contribution in [0, 0.1) is 24.0 Å². The Balaban J connectivity index is 1.75. The molecular formula is C18H22N4O4. The first-order chi connectivity index (χ1) is 12.4. The summed E-state index contributed by atoms with van der Waals surface area (Å²) >= 11 is 0. The van der Waals surface area contributed by atoms with Crippen molar-refractivity contribution in [3.05, 3.63) is 57.4 Å². The molecule has 1 aromatic carbocycles. The molecule has 8 heteroatoms. The molecule has 1 fully saturated rings. The first kappa shape index (κ1) is 18.1. The number of nitro groups is 1. The van der Waals surface area contributed by atoms with Gasteiger partial charge < -0.3 is 9.64 Å². The lowest BCUT2D eigenvalue weighted by Crippen LogP contribution is -2.47. The quantitative estimate of drug-likeness (QED) is 0.618. The summed E-state index contributed by atoms with van der Waals surface area (Å²) in [5.41, 5.74) is 1.70. The third-order valence-electron chi connectivity index (χ3n) is 4.60. The highest BCUT2D eigenvalue weighted by atomic mass is 16.6.